The van der Waals surface area contributed by atoms with E-state index in [1.165, 1.54) is 6.07 Å². The Bertz CT molecular complexity index is 682. The molecule has 7 heteroatoms. The van der Waals surface area contributed by atoms with Crippen LogP contribution in [0.2, 0.25) is 18.1 Å². The van der Waals surface area contributed by atoms with E-state index < -0.39 is 8.32 Å². The fourth-order valence-corrected chi connectivity index (χ4v) is 3.67. The predicted molar refractivity (Wildman–Crippen MR) is 97.6 cm³/mol. The van der Waals surface area contributed by atoms with Gasteiger partial charge in [-0.2, -0.15) is 0 Å². The van der Waals surface area contributed by atoms with Crippen LogP contribution in [-0.4, -0.2) is 17.7 Å². The van der Waals surface area contributed by atoms with Gasteiger partial charge >= 0.3 is 0 Å². The second kappa shape index (κ2) is 5.90. The Morgan fingerprint density at radius 3 is 2.62 bits per heavy atom. The molecule has 0 bridgehead atoms. The third-order valence-electron chi connectivity index (χ3n) is 4.07. The minimum atomic E-state index is -1.85. The summed E-state index contributed by atoms with van der Waals surface area (Å²) in [6.45, 7) is 11.5. The van der Waals surface area contributed by atoms with E-state index in [1.54, 1.807) is 4.40 Å². The highest BCUT2D eigenvalue weighted by Crippen LogP contribution is 2.37. The molecule has 0 spiro atoms. The number of fused-ring (bicyclic) bond motifs is 1. The van der Waals surface area contributed by atoms with E-state index in [9.17, 15) is 4.39 Å². The highest BCUT2D eigenvalue weighted by molar-refractivity contribution is 14.1. The quantitative estimate of drug-likeness (QED) is 0.433. The molecule has 2 heterocycles. The summed E-state index contributed by atoms with van der Waals surface area (Å²) in [5.41, 5.74) is 1.24. The predicted octanol–water partition coefficient (Wildman–Crippen LogP) is 5.36. The molecule has 0 aliphatic rings. The van der Waals surface area contributed by atoms with Crippen LogP contribution in [0.1, 0.15) is 26.5 Å². The number of aromatic nitrogens is 2. The van der Waals surface area contributed by atoms with Crippen LogP contribution >= 0.6 is 38.5 Å². The zero-order valence-corrected chi connectivity index (χ0v) is 17.5. The minimum Gasteiger partial charge on any atom is -0.411 e. The molecule has 0 aliphatic carbocycles. The van der Waals surface area contributed by atoms with Crippen molar-refractivity contribution < 1.29 is 8.82 Å². The van der Waals surface area contributed by atoms with E-state index >= 15 is 0 Å². The van der Waals surface area contributed by atoms with Crippen LogP contribution in [0.5, 0.6) is 0 Å². The van der Waals surface area contributed by atoms with Crippen LogP contribution in [0.25, 0.3) is 5.65 Å². The van der Waals surface area contributed by atoms with Gasteiger partial charge in [-0.3, -0.25) is 4.40 Å². The van der Waals surface area contributed by atoms with Crippen LogP contribution in [-0.2, 0) is 11.0 Å². The highest BCUT2D eigenvalue weighted by Gasteiger charge is 2.37. The first-order valence-electron chi connectivity index (χ1n) is 6.68. The largest absolute Gasteiger partial charge is 0.411 e. The second-order valence-corrected chi connectivity index (χ2v) is 13.3. The normalized spacial score (nSPS) is 13.1. The molecule has 116 valence electrons. The summed E-state index contributed by atoms with van der Waals surface area (Å²) in [5, 5.41) is 0.144. The van der Waals surface area contributed by atoms with E-state index in [1.807, 2.05) is 6.20 Å². The molecule has 2 aromatic heterocycles. The number of pyridine rings is 1. The van der Waals surface area contributed by atoms with Crippen molar-refractivity contribution in [2.24, 2.45) is 0 Å². The maximum Gasteiger partial charge on any atom is 0.192 e. The molecule has 2 rings (SSSR count). The average molecular weight is 485 g/mol. The Kier molecular flexibility index (Phi) is 4.88. The maximum atomic E-state index is 14.0. The zero-order valence-electron chi connectivity index (χ0n) is 12.8. The summed E-state index contributed by atoms with van der Waals surface area (Å²) >= 11 is 5.46. The molecule has 0 radical (unpaired) electrons. The Morgan fingerprint density at radius 2 is 2.05 bits per heavy atom. The summed E-state index contributed by atoms with van der Waals surface area (Å²) in [7, 11) is -1.85. The molecule has 21 heavy (non-hydrogen) atoms. The molecule has 0 amide bonds. The van der Waals surface area contributed by atoms with Crippen molar-refractivity contribution in [1.29, 1.82) is 0 Å². The number of nitrogens with zero attached hydrogens (tertiary/aromatic N) is 2. The van der Waals surface area contributed by atoms with Gasteiger partial charge in [0.2, 0.25) is 0 Å². The number of halogens is 3. The molecule has 0 aliphatic heterocycles. The summed E-state index contributed by atoms with van der Waals surface area (Å²) < 4.78 is 23.4. The second-order valence-electron chi connectivity index (χ2n) is 6.60. The van der Waals surface area contributed by atoms with Gasteiger partial charge in [0, 0.05) is 10.7 Å². The monoisotopic (exact) mass is 484 g/mol. The molecule has 0 saturated carbocycles. The molecule has 0 aromatic carbocycles. The zero-order chi connectivity index (χ0) is 16.0. The van der Waals surface area contributed by atoms with Crippen LogP contribution in [0, 0.1) is 9.52 Å². The smallest absolute Gasteiger partial charge is 0.192 e. The van der Waals surface area contributed by atoms with Gasteiger partial charge < -0.3 is 4.43 Å². The first kappa shape index (κ1) is 17.4. The van der Waals surface area contributed by atoms with Crippen molar-refractivity contribution in [2.75, 3.05) is 0 Å². The molecule has 0 N–H and O–H groups in total. The SMILES string of the molecule is CC(C)(C)[Si](C)(C)OCc1c(I)nc2c(F)cc(Br)cn12. The molecular formula is C14H19BrFIN2OSi. The van der Waals surface area contributed by atoms with Crippen molar-refractivity contribution in [2.45, 2.75) is 45.5 Å². The Balaban J connectivity index is 2.38. The van der Waals surface area contributed by atoms with Crippen LogP contribution in [0.4, 0.5) is 4.39 Å². The minimum absolute atomic E-state index is 0.144. The first-order chi connectivity index (χ1) is 9.53. The van der Waals surface area contributed by atoms with E-state index in [4.69, 9.17) is 4.43 Å². The molecule has 0 saturated heterocycles. The lowest BCUT2D eigenvalue weighted by Gasteiger charge is -2.36. The van der Waals surface area contributed by atoms with Crippen molar-refractivity contribution in [3.05, 3.63) is 31.9 Å². The first-order valence-corrected chi connectivity index (χ1v) is 11.5. The molecule has 0 atom stereocenters. The van der Waals surface area contributed by atoms with Gasteiger partial charge in [-0.1, -0.05) is 20.8 Å². The number of hydrogen-bond donors (Lipinski definition) is 0. The van der Waals surface area contributed by atoms with Gasteiger partial charge in [0.25, 0.3) is 0 Å². The van der Waals surface area contributed by atoms with E-state index in [2.05, 4.69) is 77.4 Å². The van der Waals surface area contributed by atoms with Gasteiger partial charge in [-0.15, -0.1) is 0 Å². The molecular weight excluding hydrogens is 466 g/mol. The standard InChI is InChI=1S/C14H19BrFIN2OSi/c1-14(2,3)21(4,5)20-8-11-12(17)18-13-10(16)6-9(15)7-19(11)13/h6-7H,8H2,1-5H3. The fourth-order valence-electron chi connectivity index (χ4n) is 1.69. The summed E-state index contributed by atoms with van der Waals surface area (Å²) in [6, 6.07) is 1.43. The van der Waals surface area contributed by atoms with Crippen molar-refractivity contribution in [1.82, 2.24) is 9.38 Å². The van der Waals surface area contributed by atoms with Gasteiger partial charge in [0.15, 0.2) is 19.8 Å². The van der Waals surface area contributed by atoms with Gasteiger partial charge in [-0.05, 0) is 62.7 Å². The van der Waals surface area contributed by atoms with Crippen LogP contribution < -0.4 is 0 Å². The lowest BCUT2D eigenvalue weighted by atomic mass is 10.2. The Labute approximate surface area is 147 Å². The average Bonchev–Trinajstić information content (AvgIpc) is 2.62. The Morgan fingerprint density at radius 1 is 1.43 bits per heavy atom. The van der Waals surface area contributed by atoms with Gasteiger partial charge in [0.1, 0.15) is 3.70 Å². The third kappa shape index (κ3) is 3.51. The van der Waals surface area contributed by atoms with Crippen molar-refractivity contribution in [3.63, 3.8) is 0 Å². The van der Waals surface area contributed by atoms with Crippen LogP contribution in [0.3, 0.4) is 0 Å². The fraction of sp³-hybridized carbons (Fsp3) is 0.500. The molecule has 0 unspecified atom stereocenters. The number of hydrogen-bond acceptors (Lipinski definition) is 2. The summed E-state index contributed by atoms with van der Waals surface area (Å²) in [5.74, 6) is -0.333. The van der Waals surface area contributed by atoms with Crippen molar-refractivity contribution in [3.8, 4) is 0 Å². The van der Waals surface area contributed by atoms with Crippen LogP contribution in [0.15, 0.2) is 16.7 Å². The van der Waals surface area contributed by atoms with Gasteiger partial charge in [0.05, 0.1) is 12.3 Å². The third-order valence-corrected chi connectivity index (χ3v) is 9.84. The van der Waals surface area contributed by atoms with E-state index in [-0.39, 0.29) is 10.9 Å². The summed E-state index contributed by atoms with van der Waals surface area (Å²) in [6.07, 6.45) is 1.83. The highest BCUT2D eigenvalue weighted by atomic mass is 127. The maximum absolute atomic E-state index is 14.0. The van der Waals surface area contributed by atoms with E-state index in [0.717, 1.165) is 9.39 Å². The van der Waals surface area contributed by atoms with Gasteiger partial charge in [-0.25, -0.2) is 9.37 Å². The summed E-state index contributed by atoms with van der Waals surface area (Å²) in [4.78, 5) is 4.31. The topological polar surface area (TPSA) is 26.5 Å². The van der Waals surface area contributed by atoms with Crippen molar-refractivity contribution >= 4 is 52.5 Å². The Hall–Kier alpha value is 0.00688. The molecule has 2 aromatic rings. The molecule has 3 nitrogen and oxygen atoms in total. The lowest BCUT2D eigenvalue weighted by Crippen LogP contribution is -2.40. The molecule has 0 fully saturated rings. The van der Waals surface area contributed by atoms with E-state index in [0.29, 0.717) is 16.7 Å². The number of imidazole rings is 1. The lowest BCUT2D eigenvalue weighted by molar-refractivity contribution is 0.270. The number of rotatable bonds is 3.